The maximum absolute atomic E-state index is 12.0. The Kier molecular flexibility index (Phi) is 13.0. The molecule has 0 aliphatic carbocycles. The summed E-state index contributed by atoms with van der Waals surface area (Å²) in [5, 5.41) is 11.5. The molecule has 31 heavy (non-hydrogen) atoms. The average molecular weight is 550 g/mol. The minimum absolute atomic E-state index is 0. The third-order valence-corrected chi connectivity index (χ3v) is 5.49. The van der Waals surface area contributed by atoms with Crippen molar-refractivity contribution in [3.63, 3.8) is 0 Å². The van der Waals surface area contributed by atoms with E-state index in [0.29, 0.717) is 18.5 Å². The zero-order valence-electron chi connectivity index (χ0n) is 19.7. The molecule has 1 aliphatic rings. The Bertz CT molecular complexity index is 693. The van der Waals surface area contributed by atoms with E-state index in [0.717, 1.165) is 44.0 Å². The Labute approximate surface area is 203 Å². The summed E-state index contributed by atoms with van der Waals surface area (Å²) in [5.74, 6) is 3.01. The van der Waals surface area contributed by atoms with Gasteiger partial charge in [0, 0.05) is 40.2 Å². The van der Waals surface area contributed by atoms with E-state index >= 15 is 0 Å². The van der Waals surface area contributed by atoms with Crippen LogP contribution < -0.4 is 10.6 Å². The van der Waals surface area contributed by atoms with Crippen LogP contribution in [0.1, 0.15) is 57.6 Å². The third-order valence-electron chi connectivity index (χ3n) is 5.49. The summed E-state index contributed by atoms with van der Waals surface area (Å²) >= 11 is 0. The number of carbonyl (C=O) groups is 1. The summed E-state index contributed by atoms with van der Waals surface area (Å²) in [6.07, 6.45) is 6.58. The van der Waals surface area contributed by atoms with Gasteiger partial charge in [-0.15, -0.1) is 24.0 Å². The highest BCUT2D eigenvalue weighted by atomic mass is 127. The number of unbranched alkanes of at least 4 members (excludes halogenated alkanes) is 1. The molecule has 1 aromatic rings. The number of carbonyl (C=O) groups excluding carboxylic acids is 1. The van der Waals surface area contributed by atoms with Crippen LogP contribution in [0.3, 0.4) is 0 Å². The van der Waals surface area contributed by atoms with Crippen molar-refractivity contribution in [3.05, 3.63) is 11.6 Å². The largest absolute Gasteiger partial charge is 0.377 e. The van der Waals surface area contributed by atoms with Crippen LogP contribution in [0.2, 0.25) is 0 Å². The van der Waals surface area contributed by atoms with E-state index in [4.69, 9.17) is 4.74 Å². The van der Waals surface area contributed by atoms with Gasteiger partial charge in [-0.1, -0.05) is 33.1 Å². The van der Waals surface area contributed by atoms with Crippen LogP contribution in [0, 0.1) is 5.92 Å². The Hall–Kier alpha value is -1.43. The first-order chi connectivity index (χ1) is 14.5. The lowest BCUT2D eigenvalue weighted by Crippen LogP contribution is -2.48. The average Bonchev–Trinajstić information content (AvgIpc) is 3.13. The molecule has 0 radical (unpaired) electrons. The highest BCUT2D eigenvalue weighted by molar-refractivity contribution is 14.0. The SMILES string of the molecule is CCCCC(CC)CNC(=NCC(=O)N(C)C)NC1CCc2nc(COC)nn2C1.I. The molecule has 1 aromatic heterocycles. The number of methoxy groups -OCH3 is 1. The van der Waals surface area contributed by atoms with Crippen molar-refractivity contribution in [1.82, 2.24) is 30.3 Å². The fourth-order valence-corrected chi connectivity index (χ4v) is 3.49. The summed E-state index contributed by atoms with van der Waals surface area (Å²) in [4.78, 5) is 22.7. The van der Waals surface area contributed by atoms with E-state index < -0.39 is 0 Å². The lowest BCUT2D eigenvalue weighted by Gasteiger charge is -2.26. The fourth-order valence-electron chi connectivity index (χ4n) is 3.49. The second-order valence-corrected chi connectivity index (χ2v) is 8.19. The first kappa shape index (κ1) is 27.6. The zero-order chi connectivity index (χ0) is 21.9. The van der Waals surface area contributed by atoms with Crippen molar-refractivity contribution in [2.45, 2.75) is 71.6 Å². The Balaban J connectivity index is 0.00000480. The Morgan fingerprint density at radius 2 is 2.16 bits per heavy atom. The number of nitrogens with zero attached hydrogens (tertiary/aromatic N) is 5. The van der Waals surface area contributed by atoms with Crippen LogP contribution >= 0.6 is 24.0 Å². The van der Waals surface area contributed by atoms with Gasteiger partial charge in [0.25, 0.3) is 0 Å². The predicted octanol–water partition coefficient (Wildman–Crippen LogP) is 2.20. The van der Waals surface area contributed by atoms with Gasteiger partial charge in [0.05, 0.1) is 6.54 Å². The van der Waals surface area contributed by atoms with E-state index in [1.165, 1.54) is 19.3 Å². The molecule has 0 aromatic carbocycles. The van der Waals surface area contributed by atoms with Crippen LogP contribution in [-0.2, 0) is 29.1 Å². The number of aromatic nitrogens is 3. The van der Waals surface area contributed by atoms with Crippen molar-refractivity contribution in [2.75, 3.05) is 34.3 Å². The van der Waals surface area contributed by atoms with Crippen LogP contribution in [0.25, 0.3) is 0 Å². The van der Waals surface area contributed by atoms with E-state index in [9.17, 15) is 4.79 Å². The van der Waals surface area contributed by atoms with E-state index in [1.54, 1.807) is 26.1 Å². The molecule has 2 rings (SSSR count). The van der Waals surface area contributed by atoms with Gasteiger partial charge in [-0.25, -0.2) is 14.7 Å². The number of aryl methyl sites for hydroxylation is 1. The molecule has 9 nitrogen and oxygen atoms in total. The second kappa shape index (κ2) is 14.6. The quantitative estimate of drug-likeness (QED) is 0.250. The highest BCUT2D eigenvalue weighted by Crippen LogP contribution is 2.14. The molecule has 0 saturated heterocycles. The molecule has 1 aliphatic heterocycles. The fraction of sp³-hybridized carbons (Fsp3) is 0.810. The number of halogens is 1. The predicted molar refractivity (Wildman–Crippen MR) is 134 cm³/mol. The van der Waals surface area contributed by atoms with Crippen molar-refractivity contribution in [3.8, 4) is 0 Å². The molecular weight excluding hydrogens is 509 g/mol. The normalized spacial score (nSPS) is 16.8. The van der Waals surface area contributed by atoms with E-state index in [-0.39, 0.29) is 42.5 Å². The number of fused-ring (bicyclic) bond motifs is 1. The Morgan fingerprint density at radius 3 is 2.81 bits per heavy atom. The molecule has 178 valence electrons. The van der Waals surface area contributed by atoms with Crippen LogP contribution in [-0.4, -0.2) is 71.9 Å². The van der Waals surface area contributed by atoms with Gasteiger partial charge in [0.15, 0.2) is 11.8 Å². The molecule has 2 heterocycles. The summed E-state index contributed by atoms with van der Waals surface area (Å²) < 4.78 is 7.10. The van der Waals surface area contributed by atoms with Gasteiger partial charge in [0.1, 0.15) is 19.0 Å². The number of aliphatic imine (C=N–C) groups is 1. The summed E-state index contributed by atoms with van der Waals surface area (Å²) in [5.41, 5.74) is 0. The number of hydrogen-bond acceptors (Lipinski definition) is 5. The van der Waals surface area contributed by atoms with E-state index in [2.05, 4.69) is 39.6 Å². The number of amides is 1. The van der Waals surface area contributed by atoms with Gasteiger partial charge in [-0.3, -0.25) is 4.79 Å². The van der Waals surface area contributed by atoms with Crippen molar-refractivity contribution < 1.29 is 9.53 Å². The number of rotatable bonds is 11. The van der Waals surface area contributed by atoms with Crippen LogP contribution in [0.4, 0.5) is 0 Å². The minimum Gasteiger partial charge on any atom is -0.377 e. The molecule has 2 N–H and O–H groups in total. The zero-order valence-corrected chi connectivity index (χ0v) is 22.0. The lowest BCUT2D eigenvalue weighted by molar-refractivity contribution is -0.127. The second-order valence-electron chi connectivity index (χ2n) is 8.19. The number of ether oxygens (including phenoxy) is 1. The van der Waals surface area contributed by atoms with Crippen molar-refractivity contribution in [1.29, 1.82) is 0 Å². The smallest absolute Gasteiger partial charge is 0.243 e. The minimum atomic E-state index is -0.0134. The number of likely N-dealkylation sites (N-methyl/N-ethyl adjacent to an activating group) is 1. The highest BCUT2D eigenvalue weighted by Gasteiger charge is 2.23. The van der Waals surface area contributed by atoms with Gasteiger partial charge >= 0.3 is 0 Å². The summed E-state index contributed by atoms with van der Waals surface area (Å²) in [6, 6.07) is 0.186. The molecule has 2 atom stereocenters. The summed E-state index contributed by atoms with van der Waals surface area (Å²) in [7, 11) is 5.15. The summed E-state index contributed by atoms with van der Waals surface area (Å²) in [6.45, 7) is 6.59. The standard InChI is InChI=1S/C21H39N7O2.HI/c1-6-8-9-16(7-2)12-22-21(23-13-20(29)27(3)4)24-17-10-11-19-25-18(15-30-5)26-28(19)14-17;/h16-17H,6-15H2,1-5H3,(H2,22,23,24);1H. The van der Waals surface area contributed by atoms with Gasteiger partial charge in [-0.2, -0.15) is 5.10 Å². The van der Waals surface area contributed by atoms with Crippen LogP contribution in [0.15, 0.2) is 4.99 Å². The molecule has 0 fully saturated rings. The topological polar surface area (TPSA) is 96.7 Å². The van der Waals surface area contributed by atoms with Crippen molar-refractivity contribution >= 4 is 35.8 Å². The van der Waals surface area contributed by atoms with Gasteiger partial charge in [-0.05, 0) is 18.8 Å². The maximum Gasteiger partial charge on any atom is 0.243 e. The molecule has 10 heteroatoms. The first-order valence-electron chi connectivity index (χ1n) is 11.1. The van der Waals surface area contributed by atoms with Crippen LogP contribution in [0.5, 0.6) is 0 Å². The number of nitrogens with one attached hydrogen (secondary N) is 2. The third kappa shape index (κ3) is 9.30. The molecule has 1 amide bonds. The number of hydrogen-bond donors (Lipinski definition) is 2. The molecular formula is C21H40IN7O2. The molecule has 0 spiro atoms. The van der Waals surface area contributed by atoms with Gasteiger partial charge < -0.3 is 20.3 Å². The van der Waals surface area contributed by atoms with Gasteiger partial charge in [0.2, 0.25) is 5.91 Å². The number of guanidine groups is 1. The first-order valence-corrected chi connectivity index (χ1v) is 11.1. The lowest BCUT2D eigenvalue weighted by atomic mass is 9.99. The molecule has 0 saturated carbocycles. The monoisotopic (exact) mass is 549 g/mol. The van der Waals surface area contributed by atoms with E-state index in [1.807, 2.05) is 4.68 Å². The Morgan fingerprint density at radius 1 is 1.39 bits per heavy atom. The maximum atomic E-state index is 12.0. The molecule has 0 bridgehead atoms. The van der Waals surface area contributed by atoms with Crippen molar-refractivity contribution in [2.24, 2.45) is 10.9 Å². The molecule has 2 unspecified atom stereocenters.